The maximum Gasteiger partial charge on any atom is 0.331 e. The number of hydrogen-bond acceptors (Lipinski definition) is 5. The van der Waals surface area contributed by atoms with Gasteiger partial charge >= 0.3 is 12.0 Å². The summed E-state index contributed by atoms with van der Waals surface area (Å²) < 4.78 is 4.48. The Bertz CT molecular complexity index is 452. The number of ether oxygens (including phenoxy) is 1. The van der Waals surface area contributed by atoms with Gasteiger partial charge in [0.15, 0.2) is 0 Å². The average Bonchev–Trinajstić information content (AvgIpc) is 2.68. The second kappa shape index (κ2) is 5.60. The van der Waals surface area contributed by atoms with E-state index in [1.807, 2.05) is 0 Å². The van der Waals surface area contributed by atoms with Crippen LogP contribution in [0.4, 0.5) is 4.79 Å². The number of hydrogen-bond donors (Lipinski definition) is 1. The maximum atomic E-state index is 12.6. The molecule has 0 aromatic carbocycles. The van der Waals surface area contributed by atoms with Crippen molar-refractivity contribution in [3.63, 3.8) is 0 Å². The highest BCUT2D eigenvalue weighted by Gasteiger charge is 2.53. The van der Waals surface area contributed by atoms with E-state index in [1.165, 1.54) is 7.11 Å². The van der Waals surface area contributed by atoms with Gasteiger partial charge in [-0.3, -0.25) is 24.6 Å². The van der Waals surface area contributed by atoms with Gasteiger partial charge in [-0.25, -0.2) is 4.79 Å². The topological polar surface area (TPSA) is 92.8 Å². The van der Waals surface area contributed by atoms with E-state index in [9.17, 15) is 19.2 Å². The van der Waals surface area contributed by atoms with Gasteiger partial charge < -0.3 is 4.74 Å². The van der Waals surface area contributed by atoms with Gasteiger partial charge in [-0.1, -0.05) is 25.7 Å². The molecular formula is C13H18N2O5. The van der Waals surface area contributed by atoms with Crippen molar-refractivity contribution in [1.29, 1.82) is 0 Å². The molecule has 1 saturated carbocycles. The van der Waals surface area contributed by atoms with Crippen molar-refractivity contribution in [1.82, 2.24) is 10.2 Å². The minimum absolute atomic E-state index is 0.419. The monoisotopic (exact) mass is 282 g/mol. The number of barbiturate groups is 1. The van der Waals surface area contributed by atoms with E-state index in [0.29, 0.717) is 12.8 Å². The van der Waals surface area contributed by atoms with E-state index in [-0.39, 0.29) is 0 Å². The van der Waals surface area contributed by atoms with E-state index in [2.05, 4.69) is 10.1 Å². The summed E-state index contributed by atoms with van der Waals surface area (Å²) in [5.74, 6) is -1.79. The highest BCUT2D eigenvalue weighted by atomic mass is 16.5. The van der Waals surface area contributed by atoms with Crippen molar-refractivity contribution >= 4 is 23.8 Å². The summed E-state index contributed by atoms with van der Waals surface area (Å²) in [4.78, 5) is 48.6. The van der Waals surface area contributed by atoms with Gasteiger partial charge in [0.1, 0.15) is 12.0 Å². The Morgan fingerprint density at radius 1 is 1.20 bits per heavy atom. The van der Waals surface area contributed by atoms with Gasteiger partial charge in [-0.15, -0.1) is 0 Å². The van der Waals surface area contributed by atoms with Gasteiger partial charge in [0, 0.05) is 0 Å². The molecule has 110 valence electrons. The molecule has 2 rings (SSSR count). The van der Waals surface area contributed by atoms with Crippen LogP contribution < -0.4 is 5.32 Å². The van der Waals surface area contributed by atoms with Crippen LogP contribution in [0.1, 0.15) is 38.5 Å². The first-order chi connectivity index (χ1) is 9.51. The second-order valence-corrected chi connectivity index (χ2v) is 5.22. The van der Waals surface area contributed by atoms with E-state index >= 15 is 0 Å². The molecule has 0 bridgehead atoms. The number of imide groups is 2. The summed E-state index contributed by atoms with van der Waals surface area (Å²) in [6.07, 6.45) is 4.30. The second-order valence-electron chi connectivity index (χ2n) is 5.22. The van der Waals surface area contributed by atoms with Crippen LogP contribution in [0.15, 0.2) is 0 Å². The molecular weight excluding hydrogens is 264 g/mol. The molecule has 0 atom stereocenters. The largest absolute Gasteiger partial charge is 0.468 e. The molecule has 1 spiro atoms. The molecule has 0 aromatic heterocycles. The first-order valence-electron chi connectivity index (χ1n) is 6.75. The zero-order valence-corrected chi connectivity index (χ0v) is 11.4. The zero-order valence-electron chi connectivity index (χ0n) is 11.4. The van der Waals surface area contributed by atoms with Crippen molar-refractivity contribution in [2.24, 2.45) is 5.41 Å². The molecule has 1 aliphatic carbocycles. The molecule has 20 heavy (non-hydrogen) atoms. The predicted molar refractivity (Wildman–Crippen MR) is 67.4 cm³/mol. The molecule has 7 nitrogen and oxygen atoms in total. The van der Waals surface area contributed by atoms with Crippen LogP contribution in [0.5, 0.6) is 0 Å². The summed E-state index contributed by atoms with van der Waals surface area (Å²) in [7, 11) is 1.18. The van der Waals surface area contributed by atoms with E-state index < -0.39 is 35.8 Å². The van der Waals surface area contributed by atoms with Crippen LogP contribution in [-0.4, -0.2) is 42.4 Å². The lowest BCUT2D eigenvalue weighted by Crippen LogP contribution is -2.64. The number of rotatable bonds is 2. The number of esters is 1. The van der Waals surface area contributed by atoms with Crippen molar-refractivity contribution < 1.29 is 23.9 Å². The van der Waals surface area contributed by atoms with E-state index in [4.69, 9.17) is 0 Å². The van der Waals surface area contributed by atoms with Gasteiger partial charge in [-0.2, -0.15) is 0 Å². The lowest BCUT2D eigenvalue weighted by atomic mass is 9.77. The third kappa shape index (κ3) is 2.39. The first-order valence-corrected chi connectivity index (χ1v) is 6.75. The molecule has 2 aliphatic rings. The summed E-state index contributed by atoms with van der Waals surface area (Å²) in [6.45, 7) is -0.462. The lowest BCUT2D eigenvalue weighted by molar-refractivity contribution is -0.157. The molecule has 0 unspecified atom stereocenters. The summed E-state index contributed by atoms with van der Waals surface area (Å²) in [6, 6.07) is -0.847. The molecule has 0 aromatic rings. The molecule has 2 fully saturated rings. The molecule has 1 aliphatic heterocycles. The molecule has 7 heteroatoms. The van der Waals surface area contributed by atoms with E-state index in [1.54, 1.807) is 0 Å². The smallest absolute Gasteiger partial charge is 0.331 e. The first kappa shape index (κ1) is 14.5. The van der Waals surface area contributed by atoms with Crippen molar-refractivity contribution in [2.45, 2.75) is 38.5 Å². The van der Waals surface area contributed by atoms with Crippen LogP contribution in [0, 0.1) is 5.41 Å². The standard InChI is InChI=1S/C13H18N2O5/c1-20-9(16)8-15-11(18)13(10(17)14-12(15)19)6-4-2-3-5-7-13/h2-8H2,1H3,(H,14,17,19). The lowest BCUT2D eigenvalue weighted by Gasteiger charge is -2.38. The highest BCUT2D eigenvalue weighted by Crippen LogP contribution is 2.38. The number of carbonyl (C=O) groups is 4. The van der Waals surface area contributed by atoms with Crippen LogP contribution in [0.2, 0.25) is 0 Å². The molecule has 1 saturated heterocycles. The van der Waals surface area contributed by atoms with Crippen molar-refractivity contribution in [2.75, 3.05) is 13.7 Å². The van der Waals surface area contributed by atoms with Gasteiger partial charge in [0.2, 0.25) is 11.8 Å². The summed E-state index contributed by atoms with van der Waals surface area (Å²) in [5.41, 5.74) is -1.20. The van der Waals surface area contributed by atoms with Crippen LogP contribution in [-0.2, 0) is 19.1 Å². The molecule has 4 amide bonds. The fourth-order valence-electron chi connectivity index (χ4n) is 2.84. The van der Waals surface area contributed by atoms with Crippen molar-refractivity contribution in [3.8, 4) is 0 Å². The third-order valence-electron chi connectivity index (χ3n) is 4.03. The minimum Gasteiger partial charge on any atom is -0.468 e. The quantitative estimate of drug-likeness (QED) is 0.590. The van der Waals surface area contributed by atoms with Crippen LogP contribution in [0.25, 0.3) is 0 Å². The van der Waals surface area contributed by atoms with Crippen molar-refractivity contribution in [3.05, 3.63) is 0 Å². The Morgan fingerprint density at radius 3 is 2.35 bits per heavy atom. The highest BCUT2D eigenvalue weighted by molar-refractivity contribution is 6.19. The average molecular weight is 282 g/mol. The van der Waals surface area contributed by atoms with Crippen LogP contribution in [0.3, 0.4) is 0 Å². The zero-order chi connectivity index (χ0) is 14.8. The third-order valence-corrected chi connectivity index (χ3v) is 4.03. The summed E-state index contributed by atoms with van der Waals surface area (Å²) >= 11 is 0. The number of nitrogens with one attached hydrogen (secondary N) is 1. The minimum atomic E-state index is -1.20. The number of carbonyl (C=O) groups excluding carboxylic acids is 4. The van der Waals surface area contributed by atoms with Gasteiger partial charge in [0.05, 0.1) is 7.11 Å². The summed E-state index contributed by atoms with van der Waals surface area (Å²) in [5, 5.41) is 2.20. The normalized spacial score (nSPS) is 22.4. The Hall–Kier alpha value is -1.92. The Morgan fingerprint density at radius 2 is 1.80 bits per heavy atom. The Kier molecular flexibility index (Phi) is 4.06. The number of urea groups is 1. The van der Waals surface area contributed by atoms with Crippen LogP contribution >= 0.6 is 0 Å². The Balaban J connectivity index is 2.27. The number of methoxy groups -OCH3 is 1. The fraction of sp³-hybridized carbons (Fsp3) is 0.692. The van der Waals surface area contributed by atoms with Gasteiger partial charge in [0.25, 0.3) is 0 Å². The molecule has 1 N–H and O–H groups in total. The fourth-order valence-corrected chi connectivity index (χ4v) is 2.84. The molecule has 0 radical (unpaired) electrons. The predicted octanol–water partition coefficient (Wildman–Crippen LogP) is 0.578. The van der Waals surface area contributed by atoms with Gasteiger partial charge in [-0.05, 0) is 12.8 Å². The SMILES string of the molecule is COC(=O)CN1C(=O)NC(=O)C2(CCCCCC2)C1=O. The number of amides is 4. The Labute approximate surface area is 116 Å². The maximum absolute atomic E-state index is 12.6. The van der Waals surface area contributed by atoms with E-state index in [0.717, 1.165) is 30.6 Å². The molecule has 1 heterocycles. The number of nitrogens with zero attached hydrogens (tertiary/aromatic N) is 1.